The summed E-state index contributed by atoms with van der Waals surface area (Å²) in [7, 11) is 3.50. The Hall–Kier alpha value is -1.30. The van der Waals surface area contributed by atoms with Gasteiger partial charge in [0.1, 0.15) is 12.7 Å². The largest absolute Gasteiger partial charge is 0.493 e. The Kier molecular flexibility index (Phi) is 8.82. The highest BCUT2D eigenvalue weighted by atomic mass is 16.5. The number of nitrogens with one attached hydrogen (secondary N) is 1. The first kappa shape index (κ1) is 17.8. The number of aliphatic hydroxyl groups is 1. The van der Waals surface area contributed by atoms with Crippen LogP contribution in [0.3, 0.4) is 0 Å². The van der Waals surface area contributed by atoms with E-state index in [0.29, 0.717) is 24.7 Å². The summed E-state index contributed by atoms with van der Waals surface area (Å²) in [5.74, 6) is 1.30. The molecular formula is C16H27NO4. The molecule has 0 saturated carbocycles. The molecule has 5 nitrogen and oxygen atoms in total. The molecule has 0 aliphatic carbocycles. The summed E-state index contributed by atoms with van der Waals surface area (Å²) in [6.07, 6.45) is 1.46. The minimum atomic E-state index is -0.636. The Labute approximate surface area is 127 Å². The molecule has 1 aromatic carbocycles. The number of hydrogen-bond donors (Lipinski definition) is 2. The number of methoxy groups -OCH3 is 1. The fourth-order valence-electron chi connectivity index (χ4n) is 1.85. The summed E-state index contributed by atoms with van der Waals surface area (Å²) in [6, 6.07) is 5.75. The highest BCUT2D eigenvalue weighted by molar-refractivity contribution is 5.42. The molecule has 0 spiro atoms. The van der Waals surface area contributed by atoms with E-state index in [4.69, 9.17) is 14.2 Å². The van der Waals surface area contributed by atoms with Crippen molar-refractivity contribution in [1.29, 1.82) is 0 Å². The smallest absolute Gasteiger partial charge is 0.161 e. The van der Waals surface area contributed by atoms with Gasteiger partial charge in [-0.3, -0.25) is 0 Å². The molecule has 0 bridgehead atoms. The molecule has 120 valence electrons. The standard InChI is InChI=1S/C16H27NO4/c1-4-5-8-20-11-14(18)12-21-15-7-6-13(10-17-2)9-16(15)19-3/h6-7,9,14,17-18H,4-5,8,10-12H2,1-3H3. The maximum absolute atomic E-state index is 9.81. The molecular weight excluding hydrogens is 270 g/mol. The third-order valence-corrected chi connectivity index (χ3v) is 2.99. The summed E-state index contributed by atoms with van der Waals surface area (Å²) in [4.78, 5) is 0. The normalized spacial score (nSPS) is 12.2. The minimum absolute atomic E-state index is 0.188. The molecule has 0 amide bonds. The highest BCUT2D eigenvalue weighted by Crippen LogP contribution is 2.28. The molecule has 2 N–H and O–H groups in total. The highest BCUT2D eigenvalue weighted by Gasteiger charge is 2.09. The first-order valence-electron chi connectivity index (χ1n) is 7.41. The zero-order valence-corrected chi connectivity index (χ0v) is 13.2. The summed E-state index contributed by atoms with van der Waals surface area (Å²) < 4.78 is 16.3. The third-order valence-electron chi connectivity index (χ3n) is 2.99. The van der Waals surface area contributed by atoms with Crippen molar-refractivity contribution in [1.82, 2.24) is 5.32 Å². The van der Waals surface area contributed by atoms with Crippen molar-refractivity contribution in [2.24, 2.45) is 0 Å². The number of ether oxygens (including phenoxy) is 3. The van der Waals surface area contributed by atoms with Crippen molar-refractivity contribution < 1.29 is 19.3 Å². The lowest BCUT2D eigenvalue weighted by Crippen LogP contribution is -2.23. The van der Waals surface area contributed by atoms with Gasteiger partial charge in [-0.15, -0.1) is 0 Å². The molecule has 0 radical (unpaired) electrons. The fraction of sp³-hybridized carbons (Fsp3) is 0.625. The van der Waals surface area contributed by atoms with Crippen molar-refractivity contribution in [3.63, 3.8) is 0 Å². The van der Waals surface area contributed by atoms with Crippen molar-refractivity contribution in [2.45, 2.75) is 32.4 Å². The lowest BCUT2D eigenvalue weighted by molar-refractivity contribution is 0.0108. The van der Waals surface area contributed by atoms with E-state index in [2.05, 4.69) is 12.2 Å². The van der Waals surface area contributed by atoms with Crippen LogP contribution < -0.4 is 14.8 Å². The van der Waals surface area contributed by atoms with Gasteiger partial charge in [0.05, 0.1) is 13.7 Å². The average molecular weight is 297 g/mol. The predicted molar refractivity (Wildman–Crippen MR) is 83.0 cm³/mol. The van der Waals surface area contributed by atoms with E-state index in [-0.39, 0.29) is 6.61 Å². The van der Waals surface area contributed by atoms with Gasteiger partial charge in [-0.2, -0.15) is 0 Å². The number of benzene rings is 1. The molecule has 0 aliphatic rings. The molecule has 1 atom stereocenters. The monoisotopic (exact) mass is 297 g/mol. The SMILES string of the molecule is CCCCOCC(O)COc1ccc(CNC)cc1OC. The Balaban J connectivity index is 2.43. The van der Waals surface area contributed by atoms with E-state index in [1.54, 1.807) is 7.11 Å². The number of rotatable bonds is 11. The van der Waals surface area contributed by atoms with Gasteiger partial charge in [-0.25, -0.2) is 0 Å². The zero-order chi connectivity index (χ0) is 15.5. The molecule has 0 aromatic heterocycles. The van der Waals surface area contributed by atoms with Gasteiger partial charge >= 0.3 is 0 Å². The van der Waals surface area contributed by atoms with Gasteiger partial charge in [0, 0.05) is 13.2 Å². The predicted octanol–water partition coefficient (Wildman–Crippen LogP) is 1.97. The van der Waals surface area contributed by atoms with Crippen LogP contribution in [0.15, 0.2) is 18.2 Å². The van der Waals surface area contributed by atoms with Crippen molar-refractivity contribution in [2.75, 3.05) is 34.0 Å². The Morgan fingerprint density at radius 2 is 2.05 bits per heavy atom. The van der Waals surface area contributed by atoms with E-state index in [9.17, 15) is 5.11 Å². The van der Waals surface area contributed by atoms with Crippen LogP contribution in [0.4, 0.5) is 0 Å². The van der Waals surface area contributed by atoms with Crippen LogP contribution in [0.25, 0.3) is 0 Å². The molecule has 1 rings (SSSR count). The summed E-state index contributed by atoms with van der Waals surface area (Å²) in [5.41, 5.74) is 1.12. The maximum Gasteiger partial charge on any atom is 0.161 e. The maximum atomic E-state index is 9.81. The van der Waals surface area contributed by atoms with Gasteiger partial charge in [0.25, 0.3) is 0 Å². The van der Waals surface area contributed by atoms with Crippen LogP contribution >= 0.6 is 0 Å². The zero-order valence-electron chi connectivity index (χ0n) is 13.2. The topological polar surface area (TPSA) is 60.0 Å². The van der Waals surface area contributed by atoms with E-state index in [1.165, 1.54) is 0 Å². The quantitative estimate of drug-likeness (QED) is 0.612. The second-order valence-electron chi connectivity index (χ2n) is 4.91. The van der Waals surface area contributed by atoms with Gasteiger partial charge in [0.2, 0.25) is 0 Å². The average Bonchev–Trinajstić information content (AvgIpc) is 2.50. The minimum Gasteiger partial charge on any atom is -0.493 e. The third kappa shape index (κ3) is 6.80. The van der Waals surface area contributed by atoms with Crippen LogP contribution in [-0.4, -0.2) is 45.2 Å². The van der Waals surface area contributed by atoms with Crippen LogP contribution in [0.2, 0.25) is 0 Å². The van der Waals surface area contributed by atoms with Crippen LogP contribution in [0, 0.1) is 0 Å². The lowest BCUT2D eigenvalue weighted by Gasteiger charge is -2.15. The summed E-state index contributed by atoms with van der Waals surface area (Å²) in [6.45, 7) is 4.03. The number of unbranched alkanes of at least 4 members (excludes halogenated alkanes) is 1. The summed E-state index contributed by atoms with van der Waals surface area (Å²) in [5, 5.41) is 12.9. The number of aliphatic hydroxyl groups excluding tert-OH is 1. The van der Waals surface area contributed by atoms with Gasteiger partial charge in [-0.05, 0) is 31.2 Å². The van der Waals surface area contributed by atoms with E-state index in [0.717, 1.165) is 24.9 Å². The molecule has 0 heterocycles. The molecule has 0 fully saturated rings. The fourth-order valence-corrected chi connectivity index (χ4v) is 1.85. The molecule has 1 unspecified atom stereocenters. The lowest BCUT2D eigenvalue weighted by atomic mass is 10.2. The number of hydrogen-bond acceptors (Lipinski definition) is 5. The second kappa shape index (κ2) is 10.4. The molecule has 5 heteroatoms. The van der Waals surface area contributed by atoms with Crippen molar-refractivity contribution in [3.8, 4) is 11.5 Å². The van der Waals surface area contributed by atoms with Gasteiger partial charge in [0.15, 0.2) is 11.5 Å². The molecule has 1 aromatic rings. The van der Waals surface area contributed by atoms with Gasteiger partial charge in [-0.1, -0.05) is 19.4 Å². The van der Waals surface area contributed by atoms with Crippen LogP contribution in [0.1, 0.15) is 25.3 Å². The second-order valence-corrected chi connectivity index (χ2v) is 4.91. The first-order valence-corrected chi connectivity index (χ1v) is 7.41. The van der Waals surface area contributed by atoms with E-state index < -0.39 is 6.10 Å². The van der Waals surface area contributed by atoms with Gasteiger partial charge < -0.3 is 24.6 Å². The van der Waals surface area contributed by atoms with Crippen molar-refractivity contribution in [3.05, 3.63) is 23.8 Å². The van der Waals surface area contributed by atoms with Crippen LogP contribution in [-0.2, 0) is 11.3 Å². The first-order chi connectivity index (χ1) is 10.2. The molecule has 21 heavy (non-hydrogen) atoms. The Morgan fingerprint density at radius 3 is 2.71 bits per heavy atom. The molecule has 0 saturated heterocycles. The van der Waals surface area contributed by atoms with E-state index >= 15 is 0 Å². The molecule has 0 aliphatic heterocycles. The van der Waals surface area contributed by atoms with Crippen molar-refractivity contribution >= 4 is 0 Å². The van der Waals surface area contributed by atoms with Crippen LogP contribution in [0.5, 0.6) is 11.5 Å². The Morgan fingerprint density at radius 1 is 1.24 bits per heavy atom. The van der Waals surface area contributed by atoms with E-state index in [1.807, 2.05) is 25.2 Å². The summed E-state index contributed by atoms with van der Waals surface area (Å²) >= 11 is 0. The Bertz CT molecular complexity index is 398.